The molecule has 3 atom stereocenters. The van der Waals surface area contributed by atoms with Crippen molar-refractivity contribution < 1.29 is 19.4 Å². The van der Waals surface area contributed by atoms with Gasteiger partial charge < -0.3 is 24.4 Å². The van der Waals surface area contributed by atoms with Gasteiger partial charge in [-0.25, -0.2) is 4.79 Å². The van der Waals surface area contributed by atoms with Gasteiger partial charge in [-0.2, -0.15) is 0 Å². The largest absolute Gasteiger partial charge is 0.497 e. The van der Waals surface area contributed by atoms with Crippen LogP contribution in [0.1, 0.15) is 35.2 Å². The predicted molar refractivity (Wildman–Crippen MR) is 141 cm³/mol. The van der Waals surface area contributed by atoms with Crippen molar-refractivity contribution in [2.24, 2.45) is 5.92 Å². The molecule has 5 rings (SSSR count). The minimum atomic E-state index is -0.966. The topological polar surface area (TPSA) is 62.2 Å². The molecule has 190 valence electrons. The lowest BCUT2D eigenvalue weighted by Crippen LogP contribution is -2.52. The van der Waals surface area contributed by atoms with Crippen LogP contribution in [0.25, 0.3) is 10.8 Å². The molecule has 0 radical (unpaired) electrons. The Kier molecular flexibility index (Phi) is 7.28. The maximum atomic E-state index is 12.9. The summed E-state index contributed by atoms with van der Waals surface area (Å²) < 4.78 is 11.2. The van der Waals surface area contributed by atoms with Gasteiger partial charge in [0.1, 0.15) is 11.9 Å². The number of ether oxygens (including phenoxy) is 2. The summed E-state index contributed by atoms with van der Waals surface area (Å²) in [4.78, 5) is 17.7. The fourth-order valence-corrected chi connectivity index (χ4v) is 5.70. The number of hydrogen-bond donors (Lipinski definition) is 1. The molecule has 1 aliphatic heterocycles. The minimum Gasteiger partial charge on any atom is -0.497 e. The second-order valence-corrected chi connectivity index (χ2v) is 10.3. The summed E-state index contributed by atoms with van der Waals surface area (Å²) in [5.74, 6) is 0.249. The standard InChI is InChI=1S/C30H36N2O4/c1-31-14-16-32(17-15-31)21-26-20-28(36-29(33)24-8-5-9-27(19-24)35-2)12-13-30(26,34)25-11-10-22-6-3-4-7-23(22)18-25/h3-11,18-19,26,28,34H,12-17,20-21H2,1-2H3. The van der Waals surface area contributed by atoms with Crippen LogP contribution < -0.4 is 4.74 Å². The van der Waals surface area contributed by atoms with Crippen molar-refractivity contribution in [2.75, 3.05) is 46.9 Å². The van der Waals surface area contributed by atoms with Crippen LogP contribution in [0.15, 0.2) is 66.7 Å². The van der Waals surface area contributed by atoms with E-state index in [0.717, 1.165) is 43.7 Å². The van der Waals surface area contributed by atoms with Crippen LogP contribution >= 0.6 is 0 Å². The van der Waals surface area contributed by atoms with E-state index < -0.39 is 5.60 Å². The molecule has 3 aromatic carbocycles. The summed E-state index contributed by atoms with van der Waals surface area (Å²) >= 11 is 0. The van der Waals surface area contributed by atoms with Crippen molar-refractivity contribution in [1.82, 2.24) is 9.80 Å². The molecule has 36 heavy (non-hydrogen) atoms. The molecule has 3 unspecified atom stereocenters. The predicted octanol–water partition coefficient (Wildman–Crippen LogP) is 4.31. The van der Waals surface area contributed by atoms with Gasteiger partial charge in [0, 0.05) is 38.6 Å². The number of piperazine rings is 1. The highest BCUT2D eigenvalue weighted by Crippen LogP contribution is 2.44. The lowest BCUT2D eigenvalue weighted by Gasteiger charge is -2.46. The Bertz CT molecular complexity index is 1210. The van der Waals surface area contributed by atoms with E-state index in [-0.39, 0.29) is 18.0 Å². The van der Waals surface area contributed by atoms with Crippen molar-refractivity contribution in [3.8, 4) is 5.75 Å². The number of aliphatic hydroxyl groups is 1. The number of nitrogens with zero attached hydrogens (tertiary/aromatic N) is 2. The molecule has 6 nitrogen and oxygen atoms in total. The van der Waals surface area contributed by atoms with Crippen molar-refractivity contribution >= 4 is 16.7 Å². The monoisotopic (exact) mass is 488 g/mol. The summed E-state index contributed by atoms with van der Waals surface area (Å²) in [6, 6.07) is 21.6. The average Bonchev–Trinajstić information content (AvgIpc) is 2.91. The van der Waals surface area contributed by atoms with E-state index in [2.05, 4.69) is 47.2 Å². The zero-order valence-electron chi connectivity index (χ0n) is 21.2. The maximum Gasteiger partial charge on any atom is 0.338 e. The third-order valence-electron chi connectivity index (χ3n) is 7.97. The van der Waals surface area contributed by atoms with Crippen molar-refractivity contribution in [1.29, 1.82) is 0 Å². The van der Waals surface area contributed by atoms with Gasteiger partial charge in [0.15, 0.2) is 0 Å². The van der Waals surface area contributed by atoms with Crippen molar-refractivity contribution in [3.05, 3.63) is 77.9 Å². The second kappa shape index (κ2) is 10.6. The first-order chi connectivity index (χ1) is 17.4. The van der Waals surface area contributed by atoms with Crippen LogP contribution in [0.2, 0.25) is 0 Å². The molecule has 3 aromatic rings. The Balaban J connectivity index is 1.37. The molecule has 2 aliphatic rings. The number of benzene rings is 3. The Morgan fingerprint density at radius 2 is 1.78 bits per heavy atom. The highest BCUT2D eigenvalue weighted by Gasteiger charge is 2.45. The number of likely N-dealkylation sites (N-methyl/N-ethyl adjacent to an activating group) is 1. The zero-order valence-corrected chi connectivity index (χ0v) is 21.2. The van der Waals surface area contributed by atoms with Crippen LogP contribution in [0.5, 0.6) is 5.75 Å². The number of carbonyl (C=O) groups excluding carboxylic acids is 1. The van der Waals surface area contributed by atoms with Gasteiger partial charge in [-0.3, -0.25) is 0 Å². The number of methoxy groups -OCH3 is 1. The number of fused-ring (bicyclic) bond motifs is 1. The van der Waals surface area contributed by atoms with Gasteiger partial charge in [-0.05, 0) is 66.9 Å². The van der Waals surface area contributed by atoms with Gasteiger partial charge >= 0.3 is 5.97 Å². The van der Waals surface area contributed by atoms with Gasteiger partial charge in [-0.15, -0.1) is 0 Å². The summed E-state index contributed by atoms with van der Waals surface area (Å²) in [5, 5.41) is 14.5. The second-order valence-electron chi connectivity index (χ2n) is 10.3. The van der Waals surface area contributed by atoms with E-state index >= 15 is 0 Å². The van der Waals surface area contributed by atoms with E-state index in [1.807, 2.05) is 18.2 Å². The molecule has 0 aromatic heterocycles. The first-order valence-corrected chi connectivity index (χ1v) is 12.9. The molecule has 0 spiro atoms. The molecular formula is C30H36N2O4. The maximum absolute atomic E-state index is 12.9. The summed E-state index contributed by atoms with van der Waals surface area (Å²) in [5.41, 5.74) is 0.477. The Morgan fingerprint density at radius 1 is 1.00 bits per heavy atom. The van der Waals surface area contributed by atoms with E-state index in [1.54, 1.807) is 25.3 Å². The third kappa shape index (κ3) is 5.26. The molecule has 6 heteroatoms. The molecule has 1 saturated heterocycles. The quantitative estimate of drug-likeness (QED) is 0.522. The van der Waals surface area contributed by atoms with Crippen LogP contribution in [0.4, 0.5) is 0 Å². The number of carbonyl (C=O) groups is 1. The van der Waals surface area contributed by atoms with Crippen molar-refractivity contribution in [3.63, 3.8) is 0 Å². The van der Waals surface area contributed by atoms with Crippen LogP contribution in [0.3, 0.4) is 0 Å². The molecule has 0 amide bonds. The van der Waals surface area contributed by atoms with Gasteiger partial charge in [0.25, 0.3) is 0 Å². The first-order valence-electron chi connectivity index (χ1n) is 12.9. The lowest BCUT2D eigenvalue weighted by molar-refractivity contribution is -0.100. The van der Waals surface area contributed by atoms with Crippen LogP contribution in [-0.4, -0.2) is 73.9 Å². The Hall–Kier alpha value is -2.93. The molecule has 1 heterocycles. The number of hydrogen-bond acceptors (Lipinski definition) is 6. The average molecular weight is 489 g/mol. The molecular weight excluding hydrogens is 452 g/mol. The fourth-order valence-electron chi connectivity index (χ4n) is 5.70. The molecule has 1 saturated carbocycles. The first kappa shape index (κ1) is 24.8. The molecule has 2 fully saturated rings. The van der Waals surface area contributed by atoms with E-state index in [1.165, 1.54) is 5.39 Å². The van der Waals surface area contributed by atoms with E-state index in [9.17, 15) is 9.90 Å². The van der Waals surface area contributed by atoms with Gasteiger partial charge in [0.05, 0.1) is 18.3 Å². The fraction of sp³-hybridized carbons (Fsp3) is 0.433. The highest BCUT2D eigenvalue weighted by molar-refractivity contribution is 5.90. The minimum absolute atomic E-state index is 0.0427. The van der Waals surface area contributed by atoms with E-state index in [0.29, 0.717) is 30.6 Å². The zero-order chi connectivity index (χ0) is 25.1. The Morgan fingerprint density at radius 3 is 2.56 bits per heavy atom. The molecule has 1 N–H and O–H groups in total. The molecule has 0 bridgehead atoms. The lowest BCUT2D eigenvalue weighted by atomic mass is 9.70. The normalized spacial score (nSPS) is 25.5. The van der Waals surface area contributed by atoms with Gasteiger partial charge in [0.2, 0.25) is 0 Å². The van der Waals surface area contributed by atoms with Crippen LogP contribution in [-0.2, 0) is 10.3 Å². The Labute approximate surface area is 213 Å². The van der Waals surface area contributed by atoms with Gasteiger partial charge in [-0.1, -0.05) is 42.5 Å². The summed E-state index contributed by atoms with van der Waals surface area (Å²) in [6.45, 7) is 4.79. The summed E-state index contributed by atoms with van der Waals surface area (Å²) in [6.07, 6.45) is 1.57. The molecule has 1 aliphatic carbocycles. The summed E-state index contributed by atoms with van der Waals surface area (Å²) in [7, 11) is 3.74. The van der Waals surface area contributed by atoms with Crippen molar-refractivity contribution in [2.45, 2.75) is 31.0 Å². The SMILES string of the molecule is COc1cccc(C(=O)OC2CCC(O)(c3ccc4ccccc4c3)C(CN3CCN(C)CC3)C2)c1. The third-order valence-corrected chi connectivity index (χ3v) is 7.97. The van der Waals surface area contributed by atoms with E-state index in [4.69, 9.17) is 9.47 Å². The number of rotatable bonds is 6. The smallest absolute Gasteiger partial charge is 0.338 e. The van der Waals surface area contributed by atoms with Crippen LogP contribution in [0, 0.1) is 5.92 Å². The highest BCUT2D eigenvalue weighted by atomic mass is 16.5. The number of esters is 1.